The van der Waals surface area contributed by atoms with Crippen LogP contribution in [0.4, 0.5) is 4.79 Å². The molecule has 4 heteroatoms. The number of hydrogen-bond donors (Lipinski definition) is 2. The van der Waals surface area contributed by atoms with Gasteiger partial charge in [-0.3, -0.25) is 4.84 Å². The maximum atomic E-state index is 11.2. The van der Waals surface area contributed by atoms with Crippen molar-refractivity contribution in [3.05, 3.63) is 35.9 Å². The second-order valence-electron chi connectivity index (χ2n) is 3.49. The second-order valence-corrected chi connectivity index (χ2v) is 3.49. The van der Waals surface area contributed by atoms with Crippen molar-refractivity contribution < 1.29 is 9.63 Å². The van der Waals surface area contributed by atoms with Crippen LogP contribution in [-0.4, -0.2) is 12.6 Å². The summed E-state index contributed by atoms with van der Waals surface area (Å²) in [6.45, 7) is 3.13. The molecule has 0 saturated carbocycles. The molecule has 0 aliphatic rings. The smallest absolute Gasteiger partial charge is 0.336 e. The van der Waals surface area contributed by atoms with E-state index in [1.54, 1.807) is 0 Å². The summed E-state index contributed by atoms with van der Waals surface area (Å²) in [5, 5.41) is 2.69. The fourth-order valence-electron chi connectivity index (χ4n) is 1.17. The molecule has 0 fully saturated rings. The molecule has 0 saturated heterocycles. The number of hydroxylamine groups is 1. The quantitative estimate of drug-likeness (QED) is 0.572. The zero-order valence-electron chi connectivity index (χ0n) is 9.53. The molecule has 0 bridgehead atoms. The monoisotopic (exact) mass is 222 g/mol. The van der Waals surface area contributed by atoms with Gasteiger partial charge in [-0.2, -0.15) is 0 Å². The van der Waals surface area contributed by atoms with Crippen molar-refractivity contribution in [3.63, 3.8) is 0 Å². The molecule has 2 N–H and O–H groups in total. The predicted octanol–water partition coefficient (Wildman–Crippen LogP) is 2.22. The number of carbonyl (C=O) groups excluding carboxylic acids is 1. The topological polar surface area (TPSA) is 50.4 Å². The van der Waals surface area contributed by atoms with Crippen molar-refractivity contribution in [2.45, 2.75) is 26.4 Å². The van der Waals surface area contributed by atoms with Gasteiger partial charge in [0.2, 0.25) is 0 Å². The summed E-state index contributed by atoms with van der Waals surface area (Å²) in [5.74, 6) is 0. The van der Waals surface area contributed by atoms with Gasteiger partial charge in [0.15, 0.2) is 0 Å². The summed E-state index contributed by atoms with van der Waals surface area (Å²) in [6.07, 6.45) is 2.04. The minimum atomic E-state index is -0.288. The lowest BCUT2D eigenvalue weighted by atomic mass is 10.2. The fraction of sp³-hybridized carbons (Fsp3) is 0.417. The van der Waals surface area contributed by atoms with Gasteiger partial charge in [-0.1, -0.05) is 43.7 Å². The molecular weight excluding hydrogens is 204 g/mol. The molecule has 2 amide bonds. The molecule has 0 unspecified atom stereocenters. The van der Waals surface area contributed by atoms with Crippen LogP contribution in [-0.2, 0) is 11.4 Å². The standard InChI is InChI=1S/C12H18N2O2/c1-2-3-9-13-12(15)14-16-10-11-7-5-4-6-8-11/h4-8H,2-3,9-10H2,1H3,(H2,13,14,15). The molecule has 0 radical (unpaired) electrons. The minimum absolute atomic E-state index is 0.288. The van der Waals surface area contributed by atoms with Gasteiger partial charge >= 0.3 is 6.03 Å². The molecular formula is C12H18N2O2. The molecule has 16 heavy (non-hydrogen) atoms. The van der Waals surface area contributed by atoms with Crippen molar-refractivity contribution in [1.82, 2.24) is 10.8 Å². The molecule has 0 aromatic heterocycles. The Bertz CT molecular complexity index is 301. The lowest BCUT2D eigenvalue weighted by Gasteiger charge is -2.07. The average molecular weight is 222 g/mol. The SMILES string of the molecule is CCCCNC(=O)NOCc1ccccc1. The van der Waals surface area contributed by atoms with E-state index in [2.05, 4.69) is 17.7 Å². The number of nitrogens with one attached hydrogen (secondary N) is 2. The molecule has 4 nitrogen and oxygen atoms in total. The summed E-state index contributed by atoms with van der Waals surface area (Å²) < 4.78 is 0. The minimum Gasteiger partial charge on any atom is -0.336 e. The van der Waals surface area contributed by atoms with Gasteiger partial charge in [0, 0.05) is 6.54 Å². The number of unbranched alkanes of at least 4 members (excludes halogenated alkanes) is 1. The Morgan fingerprint density at radius 2 is 2.06 bits per heavy atom. The van der Waals surface area contributed by atoms with Crippen LogP contribution in [0.25, 0.3) is 0 Å². The first-order chi connectivity index (χ1) is 7.83. The van der Waals surface area contributed by atoms with Crippen molar-refractivity contribution in [2.75, 3.05) is 6.54 Å². The van der Waals surface area contributed by atoms with Crippen LogP contribution in [0.2, 0.25) is 0 Å². The van der Waals surface area contributed by atoms with Gasteiger partial charge in [0.25, 0.3) is 0 Å². The van der Waals surface area contributed by atoms with Crippen molar-refractivity contribution in [2.24, 2.45) is 0 Å². The number of amides is 2. The largest absolute Gasteiger partial charge is 0.338 e. The Balaban J connectivity index is 2.09. The third-order valence-electron chi connectivity index (χ3n) is 2.06. The van der Waals surface area contributed by atoms with E-state index in [9.17, 15) is 4.79 Å². The molecule has 0 aliphatic carbocycles. The summed E-state index contributed by atoms with van der Waals surface area (Å²) in [5.41, 5.74) is 3.36. The molecule has 0 atom stereocenters. The third kappa shape index (κ3) is 5.36. The lowest BCUT2D eigenvalue weighted by Crippen LogP contribution is -2.35. The maximum absolute atomic E-state index is 11.2. The number of carbonyl (C=O) groups is 1. The first-order valence-electron chi connectivity index (χ1n) is 5.52. The predicted molar refractivity (Wildman–Crippen MR) is 62.7 cm³/mol. The van der Waals surface area contributed by atoms with Crippen molar-refractivity contribution in [3.8, 4) is 0 Å². The summed E-state index contributed by atoms with van der Waals surface area (Å²) in [6, 6.07) is 9.39. The van der Waals surface area contributed by atoms with Crippen LogP contribution in [0.3, 0.4) is 0 Å². The summed E-state index contributed by atoms with van der Waals surface area (Å²) >= 11 is 0. The van der Waals surface area contributed by atoms with E-state index >= 15 is 0 Å². The maximum Gasteiger partial charge on any atom is 0.338 e. The zero-order valence-corrected chi connectivity index (χ0v) is 9.53. The van der Waals surface area contributed by atoms with Crippen LogP contribution in [0, 0.1) is 0 Å². The number of urea groups is 1. The first kappa shape index (κ1) is 12.5. The Morgan fingerprint density at radius 3 is 2.75 bits per heavy atom. The Hall–Kier alpha value is -1.55. The van der Waals surface area contributed by atoms with E-state index in [-0.39, 0.29) is 6.03 Å². The number of rotatable bonds is 6. The van der Waals surface area contributed by atoms with Gasteiger partial charge in [-0.15, -0.1) is 0 Å². The van der Waals surface area contributed by atoms with E-state index in [0.29, 0.717) is 13.2 Å². The molecule has 1 aromatic carbocycles. The van der Waals surface area contributed by atoms with Gasteiger partial charge in [-0.05, 0) is 12.0 Å². The van der Waals surface area contributed by atoms with Gasteiger partial charge in [0.1, 0.15) is 0 Å². The molecule has 0 heterocycles. The fourth-order valence-corrected chi connectivity index (χ4v) is 1.17. The Labute approximate surface area is 95.9 Å². The summed E-state index contributed by atoms with van der Waals surface area (Å²) in [4.78, 5) is 16.2. The third-order valence-corrected chi connectivity index (χ3v) is 2.06. The lowest BCUT2D eigenvalue weighted by molar-refractivity contribution is 0.0491. The van der Waals surface area contributed by atoms with E-state index < -0.39 is 0 Å². The number of hydrogen-bond acceptors (Lipinski definition) is 2. The van der Waals surface area contributed by atoms with Crippen LogP contribution in [0.1, 0.15) is 25.3 Å². The first-order valence-corrected chi connectivity index (χ1v) is 5.52. The van der Waals surface area contributed by atoms with Crippen molar-refractivity contribution >= 4 is 6.03 Å². The highest BCUT2D eigenvalue weighted by Gasteiger charge is 1.98. The van der Waals surface area contributed by atoms with Crippen LogP contribution < -0.4 is 10.8 Å². The molecule has 0 aliphatic heterocycles. The van der Waals surface area contributed by atoms with E-state index in [1.165, 1.54) is 0 Å². The normalized spacial score (nSPS) is 9.81. The molecule has 1 rings (SSSR count). The second kappa shape index (κ2) is 7.70. The highest BCUT2D eigenvalue weighted by atomic mass is 16.7. The van der Waals surface area contributed by atoms with Crippen LogP contribution in [0.15, 0.2) is 30.3 Å². The van der Waals surface area contributed by atoms with Gasteiger partial charge < -0.3 is 5.32 Å². The molecule has 1 aromatic rings. The Morgan fingerprint density at radius 1 is 1.31 bits per heavy atom. The molecule has 0 spiro atoms. The van der Waals surface area contributed by atoms with E-state index in [1.807, 2.05) is 30.3 Å². The van der Waals surface area contributed by atoms with Crippen LogP contribution >= 0.6 is 0 Å². The van der Waals surface area contributed by atoms with Gasteiger partial charge in [0.05, 0.1) is 6.61 Å². The zero-order chi connectivity index (χ0) is 11.6. The van der Waals surface area contributed by atoms with E-state index in [0.717, 1.165) is 18.4 Å². The molecule has 88 valence electrons. The van der Waals surface area contributed by atoms with Gasteiger partial charge in [-0.25, -0.2) is 10.3 Å². The van der Waals surface area contributed by atoms with Crippen molar-refractivity contribution in [1.29, 1.82) is 0 Å². The summed E-state index contributed by atoms with van der Waals surface area (Å²) in [7, 11) is 0. The Kier molecular flexibility index (Phi) is 6.03. The average Bonchev–Trinajstić information content (AvgIpc) is 2.31. The van der Waals surface area contributed by atoms with Crippen LogP contribution in [0.5, 0.6) is 0 Å². The number of benzene rings is 1. The highest BCUT2D eigenvalue weighted by Crippen LogP contribution is 1.98. The van der Waals surface area contributed by atoms with E-state index in [4.69, 9.17) is 4.84 Å². The highest BCUT2D eigenvalue weighted by molar-refractivity contribution is 5.72.